The molecule has 4 heterocycles. The molecule has 0 aromatic carbocycles. The predicted octanol–water partition coefficient (Wildman–Crippen LogP) is 3.95. The normalized spacial score (nSPS) is 13.9. The first kappa shape index (κ1) is 15.8. The van der Waals surface area contributed by atoms with Crippen molar-refractivity contribution in [3.8, 4) is 16.5 Å². The van der Waals surface area contributed by atoms with Crippen molar-refractivity contribution in [2.45, 2.75) is 12.8 Å². The molecule has 7 heteroatoms. The summed E-state index contributed by atoms with van der Waals surface area (Å²) in [7, 11) is 1.63. The maximum Gasteiger partial charge on any atom is 0.175 e. The van der Waals surface area contributed by atoms with E-state index in [1.54, 1.807) is 24.6 Å². The molecule has 3 aromatic rings. The Morgan fingerprint density at radius 2 is 2.00 bits per heavy atom. The first-order valence-corrected chi connectivity index (χ1v) is 9.14. The van der Waals surface area contributed by atoms with E-state index in [0.29, 0.717) is 11.6 Å². The lowest BCUT2D eigenvalue weighted by Crippen LogP contribution is -2.17. The van der Waals surface area contributed by atoms with Crippen molar-refractivity contribution < 1.29 is 4.74 Å². The van der Waals surface area contributed by atoms with Gasteiger partial charge < -0.3 is 15.0 Å². The number of rotatable bonds is 5. The number of methoxy groups -OCH3 is 1. The lowest BCUT2D eigenvalue weighted by atomic mass is 10.3. The van der Waals surface area contributed by atoms with E-state index in [2.05, 4.69) is 31.2 Å². The topological polar surface area (TPSA) is 63.2 Å². The van der Waals surface area contributed by atoms with Crippen LogP contribution in [0.4, 0.5) is 17.3 Å². The maximum atomic E-state index is 5.42. The second-order valence-corrected chi connectivity index (χ2v) is 6.70. The summed E-state index contributed by atoms with van der Waals surface area (Å²) in [6.07, 6.45) is 6.19. The zero-order valence-electron chi connectivity index (χ0n) is 14.0. The predicted molar refractivity (Wildman–Crippen MR) is 101 cm³/mol. The molecule has 0 radical (unpaired) electrons. The fourth-order valence-corrected chi connectivity index (χ4v) is 3.52. The summed E-state index contributed by atoms with van der Waals surface area (Å²) in [5.74, 6) is 2.05. The number of ether oxygens (including phenoxy) is 1. The molecule has 1 aliphatic heterocycles. The van der Waals surface area contributed by atoms with Crippen molar-refractivity contribution in [2.75, 3.05) is 30.4 Å². The highest BCUT2D eigenvalue weighted by Crippen LogP contribution is 2.30. The fourth-order valence-electron chi connectivity index (χ4n) is 2.91. The molecule has 3 aromatic heterocycles. The molecule has 6 nitrogen and oxygen atoms in total. The van der Waals surface area contributed by atoms with Gasteiger partial charge >= 0.3 is 0 Å². The molecule has 4 rings (SSSR count). The summed E-state index contributed by atoms with van der Waals surface area (Å²) in [6.45, 7) is 2.22. The highest BCUT2D eigenvalue weighted by Gasteiger charge is 2.13. The van der Waals surface area contributed by atoms with E-state index >= 15 is 0 Å². The van der Waals surface area contributed by atoms with Gasteiger partial charge in [-0.3, -0.25) is 0 Å². The van der Waals surface area contributed by atoms with Crippen molar-refractivity contribution >= 4 is 28.7 Å². The van der Waals surface area contributed by atoms with E-state index in [9.17, 15) is 0 Å². The average molecular weight is 353 g/mol. The van der Waals surface area contributed by atoms with Crippen LogP contribution in [-0.2, 0) is 0 Å². The summed E-state index contributed by atoms with van der Waals surface area (Å²) in [5.41, 5.74) is 1.98. The van der Waals surface area contributed by atoms with Crippen LogP contribution in [0.5, 0.6) is 5.75 Å². The van der Waals surface area contributed by atoms with Crippen molar-refractivity contribution in [2.24, 2.45) is 0 Å². The van der Waals surface area contributed by atoms with Crippen LogP contribution in [0.25, 0.3) is 10.7 Å². The Labute approximate surface area is 150 Å². The Balaban J connectivity index is 1.57. The molecule has 0 unspecified atom stereocenters. The third kappa shape index (κ3) is 3.41. The second-order valence-electron chi connectivity index (χ2n) is 5.81. The molecule has 0 atom stereocenters. The Kier molecular flexibility index (Phi) is 4.47. The first-order chi connectivity index (χ1) is 12.3. The number of anilines is 3. The van der Waals surface area contributed by atoms with Crippen LogP contribution >= 0.6 is 11.3 Å². The van der Waals surface area contributed by atoms with Crippen LogP contribution in [0.2, 0.25) is 0 Å². The van der Waals surface area contributed by atoms with Crippen LogP contribution < -0.4 is 15.0 Å². The van der Waals surface area contributed by atoms with Crippen molar-refractivity contribution in [1.82, 2.24) is 15.0 Å². The molecule has 1 fully saturated rings. The van der Waals surface area contributed by atoms with Crippen molar-refractivity contribution in [3.63, 3.8) is 0 Å². The minimum atomic E-state index is 0.636. The van der Waals surface area contributed by atoms with E-state index in [0.717, 1.165) is 29.6 Å². The highest BCUT2D eigenvalue weighted by molar-refractivity contribution is 7.13. The van der Waals surface area contributed by atoms with Crippen molar-refractivity contribution in [3.05, 3.63) is 42.0 Å². The molecule has 25 heavy (non-hydrogen) atoms. The third-order valence-corrected chi connectivity index (χ3v) is 4.99. The van der Waals surface area contributed by atoms with Crippen LogP contribution in [0.15, 0.2) is 42.0 Å². The molecule has 128 valence electrons. The van der Waals surface area contributed by atoms with Crippen LogP contribution in [0.3, 0.4) is 0 Å². The smallest absolute Gasteiger partial charge is 0.175 e. The third-order valence-electron chi connectivity index (χ3n) is 4.20. The van der Waals surface area contributed by atoms with Crippen LogP contribution in [0, 0.1) is 0 Å². The number of hydrogen-bond donors (Lipinski definition) is 1. The molecular formula is C18H19N5OS. The van der Waals surface area contributed by atoms with E-state index in [4.69, 9.17) is 4.74 Å². The molecule has 1 N–H and O–H groups in total. The van der Waals surface area contributed by atoms with Gasteiger partial charge in [-0.05, 0) is 37.1 Å². The molecular weight excluding hydrogens is 334 g/mol. The van der Waals surface area contributed by atoms with Gasteiger partial charge in [0, 0.05) is 24.7 Å². The van der Waals surface area contributed by atoms with E-state index < -0.39 is 0 Å². The maximum absolute atomic E-state index is 5.42. The Hall–Kier alpha value is -2.67. The van der Waals surface area contributed by atoms with Crippen molar-refractivity contribution in [1.29, 1.82) is 0 Å². The SMILES string of the molecule is COc1ccc(-c2nccs2)nc1Nc1ccc(N2CCCC2)cn1. The number of hydrogen-bond acceptors (Lipinski definition) is 7. The number of aromatic nitrogens is 3. The minimum absolute atomic E-state index is 0.636. The molecule has 0 aliphatic carbocycles. The zero-order chi connectivity index (χ0) is 17.1. The summed E-state index contributed by atoms with van der Waals surface area (Å²) in [5, 5.41) is 6.07. The summed E-state index contributed by atoms with van der Waals surface area (Å²) >= 11 is 1.56. The monoisotopic (exact) mass is 353 g/mol. The summed E-state index contributed by atoms with van der Waals surface area (Å²) < 4.78 is 5.42. The van der Waals surface area contributed by atoms with E-state index in [1.165, 1.54) is 18.5 Å². The second kappa shape index (κ2) is 7.06. The van der Waals surface area contributed by atoms with Gasteiger partial charge in [0.25, 0.3) is 0 Å². The van der Waals surface area contributed by atoms with Gasteiger partial charge in [0.15, 0.2) is 11.6 Å². The average Bonchev–Trinajstić information content (AvgIpc) is 3.36. The summed E-state index contributed by atoms with van der Waals surface area (Å²) in [4.78, 5) is 15.8. The lowest BCUT2D eigenvalue weighted by molar-refractivity contribution is 0.415. The number of thiazole rings is 1. The lowest BCUT2D eigenvalue weighted by Gasteiger charge is -2.17. The standard InChI is InChI=1S/C18H19N5OS/c1-24-15-6-5-14(18-19-8-11-25-18)21-17(15)22-16-7-4-13(12-20-16)23-9-2-3-10-23/h4-8,11-12H,2-3,9-10H2,1H3,(H,20,21,22). The molecule has 1 aliphatic rings. The van der Waals surface area contributed by atoms with Gasteiger partial charge in [-0.25, -0.2) is 15.0 Å². The van der Waals surface area contributed by atoms with Gasteiger partial charge in [-0.2, -0.15) is 0 Å². The fraction of sp³-hybridized carbons (Fsp3) is 0.278. The molecule has 0 amide bonds. The Bertz CT molecular complexity index is 829. The minimum Gasteiger partial charge on any atom is -0.493 e. The van der Waals surface area contributed by atoms with Gasteiger partial charge in [0.2, 0.25) is 0 Å². The Morgan fingerprint density at radius 1 is 1.12 bits per heavy atom. The number of nitrogens with zero attached hydrogens (tertiary/aromatic N) is 4. The zero-order valence-corrected chi connectivity index (χ0v) is 14.8. The molecule has 1 saturated heterocycles. The van der Waals surface area contributed by atoms with Crippen LogP contribution in [0.1, 0.15) is 12.8 Å². The van der Waals surface area contributed by atoms with E-state index in [-0.39, 0.29) is 0 Å². The van der Waals surface area contributed by atoms with Gasteiger partial charge in [0.05, 0.1) is 19.0 Å². The first-order valence-electron chi connectivity index (χ1n) is 8.26. The Morgan fingerprint density at radius 3 is 2.68 bits per heavy atom. The molecule has 0 spiro atoms. The van der Waals surface area contributed by atoms with Gasteiger partial charge in [-0.1, -0.05) is 0 Å². The number of pyridine rings is 2. The quantitative estimate of drug-likeness (QED) is 0.749. The summed E-state index contributed by atoms with van der Waals surface area (Å²) in [6, 6.07) is 7.88. The number of nitrogens with one attached hydrogen (secondary N) is 1. The van der Waals surface area contributed by atoms with Crippen LogP contribution in [-0.4, -0.2) is 35.2 Å². The largest absolute Gasteiger partial charge is 0.493 e. The molecule has 0 bridgehead atoms. The van der Waals surface area contributed by atoms with Gasteiger partial charge in [-0.15, -0.1) is 11.3 Å². The highest BCUT2D eigenvalue weighted by atomic mass is 32.1. The molecule has 0 saturated carbocycles. The van der Waals surface area contributed by atoms with Gasteiger partial charge in [0.1, 0.15) is 16.5 Å². The van der Waals surface area contributed by atoms with E-state index in [1.807, 2.05) is 29.8 Å².